The summed E-state index contributed by atoms with van der Waals surface area (Å²) in [6.45, 7) is 6.88. The first-order valence-corrected chi connectivity index (χ1v) is 5.65. The van der Waals surface area contributed by atoms with Gasteiger partial charge in [-0.15, -0.1) is 0 Å². The van der Waals surface area contributed by atoms with Crippen molar-refractivity contribution in [3.05, 3.63) is 29.3 Å². The first-order chi connectivity index (χ1) is 6.81. The maximum atomic E-state index is 2.53. The van der Waals surface area contributed by atoms with E-state index in [1.54, 1.807) is 5.56 Å². The van der Waals surface area contributed by atoms with Crippen molar-refractivity contribution in [2.45, 2.75) is 33.1 Å². The number of hydrogen-bond donors (Lipinski definition) is 0. The Morgan fingerprint density at radius 1 is 1.36 bits per heavy atom. The molecule has 0 saturated carbocycles. The topological polar surface area (TPSA) is 3.24 Å². The van der Waals surface area contributed by atoms with Gasteiger partial charge in [0, 0.05) is 18.8 Å². The van der Waals surface area contributed by atoms with Gasteiger partial charge in [-0.3, -0.25) is 0 Å². The molecule has 1 aliphatic rings. The smallest absolute Gasteiger partial charge is 0.0398 e. The van der Waals surface area contributed by atoms with E-state index in [1.165, 1.54) is 43.6 Å². The average Bonchev–Trinajstić information content (AvgIpc) is 2.18. The normalized spacial score (nSPS) is 15.4. The van der Waals surface area contributed by atoms with Crippen LogP contribution in [-0.2, 0) is 6.42 Å². The van der Waals surface area contributed by atoms with Crippen molar-refractivity contribution in [3.8, 4) is 0 Å². The van der Waals surface area contributed by atoms with Gasteiger partial charge >= 0.3 is 0 Å². The van der Waals surface area contributed by atoms with Crippen LogP contribution in [0.25, 0.3) is 0 Å². The third-order valence-corrected chi connectivity index (χ3v) is 2.94. The molecule has 1 nitrogen and oxygen atoms in total. The third-order valence-electron chi connectivity index (χ3n) is 2.94. The lowest BCUT2D eigenvalue weighted by atomic mass is 9.99. The molecule has 0 fully saturated rings. The van der Waals surface area contributed by atoms with Gasteiger partial charge in [0.25, 0.3) is 0 Å². The average molecular weight is 189 g/mol. The lowest BCUT2D eigenvalue weighted by Gasteiger charge is -2.31. The summed E-state index contributed by atoms with van der Waals surface area (Å²) >= 11 is 0. The van der Waals surface area contributed by atoms with Crippen molar-refractivity contribution < 1.29 is 0 Å². The quantitative estimate of drug-likeness (QED) is 0.690. The second-order valence-corrected chi connectivity index (χ2v) is 4.22. The van der Waals surface area contributed by atoms with Gasteiger partial charge in [0.1, 0.15) is 0 Å². The fourth-order valence-corrected chi connectivity index (χ4v) is 2.31. The summed E-state index contributed by atoms with van der Waals surface area (Å²) < 4.78 is 0. The van der Waals surface area contributed by atoms with Crippen LogP contribution in [0.3, 0.4) is 0 Å². The lowest BCUT2D eigenvalue weighted by Crippen LogP contribution is -2.29. The Morgan fingerprint density at radius 2 is 2.21 bits per heavy atom. The minimum absolute atomic E-state index is 1.20. The van der Waals surface area contributed by atoms with Crippen molar-refractivity contribution in [2.24, 2.45) is 0 Å². The monoisotopic (exact) mass is 189 g/mol. The maximum absolute atomic E-state index is 2.53. The van der Waals surface area contributed by atoms with Crippen LogP contribution in [0.5, 0.6) is 0 Å². The van der Waals surface area contributed by atoms with Crippen LogP contribution in [-0.4, -0.2) is 13.1 Å². The molecular formula is C13H19N. The summed E-state index contributed by atoms with van der Waals surface area (Å²) in [6, 6.07) is 6.86. The molecule has 0 aliphatic carbocycles. The SMILES string of the molecule is CCCN1CCCc2cc(C)ccc21. The first-order valence-electron chi connectivity index (χ1n) is 5.65. The Hall–Kier alpha value is -0.980. The molecule has 14 heavy (non-hydrogen) atoms. The Bertz CT molecular complexity index is 317. The van der Waals surface area contributed by atoms with E-state index in [-0.39, 0.29) is 0 Å². The highest BCUT2D eigenvalue weighted by Gasteiger charge is 2.15. The molecule has 1 aromatic rings. The summed E-state index contributed by atoms with van der Waals surface area (Å²) in [7, 11) is 0. The standard InChI is InChI=1S/C13H19N/c1-3-8-14-9-4-5-12-10-11(2)6-7-13(12)14/h6-7,10H,3-5,8-9H2,1-2H3. The molecule has 0 saturated heterocycles. The molecule has 0 bridgehead atoms. The molecule has 0 radical (unpaired) electrons. The van der Waals surface area contributed by atoms with E-state index in [0.29, 0.717) is 0 Å². The minimum atomic E-state index is 1.20. The molecule has 0 amide bonds. The third kappa shape index (κ3) is 1.77. The molecule has 0 N–H and O–H groups in total. The van der Waals surface area contributed by atoms with Gasteiger partial charge in [0.15, 0.2) is 0 Å². The number of aryl methyl sites for hydroxylation is 2. The van der Waals surface area contributed by atoms with Crippen LogP contribution in [0.1, 0.15) is 30.9 Å². The van der Waals surface area contributed by atoms with Gasteiger partial charge in [0.05, 0.1) is 0 Å². The molecule has 1 aromatic carbocycles. The van der Waals surface area contributed by atoms with Crippen LogP contribution < -0.4 is 4.90 Å². The van der Waals surface area contributed by atoms with E-state index in [1.807, 2.05) is 0 Å². The van der Waals surface area contributed by atoms with Gasteiger partial charge in [-0.05, 0) is 37.8 Å². The number of anilines is 1. The fraction of sp³-hybridized carbons (Fsp3) is 0.538. The van der Waals surface area contributed by atoms with E-state index in [9.17, 15) is 0 Å². The van der Waals surface area contributed by atoms with Gasteiger partial charge in [-0.2, -0.15) is 0 Å². The fourth-order valence-electron chi connectivity index (χ4n) is 2.31. The highest BCUT2D eigenvalue weighted by Crippen LogP contribution is 2.27. The molecule has 0 atom stereocenters. The van der Waals surface area contributed by atoms with Crippen LogP contribution in [0.15, 0.2) is 18.2 Å². The summed E-state index contributed by atoms with van der Waals surface area (Å²) in [5, 5.41) is 0. The van der Waals surface area contributed by atoms with Gasteiger partial charge in [-0.1, -0.05) is 24.6 Å². The molecule has 1 heterocycles. The predicted molar refractivity (Wildman–Crippen MR) is 62.0 cm³/mol. The minimum Gasteiger partial charge on any atom is -0.371 e. The number of hydrogen-bond acceptors (Lipinski definition) is 1. The van der Waals surface area contributed by atoms with Crippen LogP contribution in [0.2, 0.25) is 0 Å². The lowest BCUT2D eigenvalue weighted by molar-refractivity contribution is 0.681. The Labute approximate surface area is 86.7 Å². The van der Waals surface area contributed by atoms with Gasteiger partial charge in [-0.25, -0.2) is 0 Å². The molecule has 0 aromatic heterocycles. The van der Waals surface area contributed by atoms with Crippen molar-refractivity contribution in [3.63, 3.8) is 0 Å². The summed E-state index contributed by atoms with van der Waals surface area (Å²) in [4.78, 5) is 2.53. The molecule has 1 aliphatic heterocycles. The highest BCUT2D eigenvalue weighted by molar-refractivity contribution is 5.56. The van der Waals surface area contributed by atoms with Crippen LogP contribution >= 0.6 is 0 Å². The number of benzene rings is 1. The predicted octanol–water partition coefficient (Wildman–Crippen LogP) is 3.16. The van der Waals surface area contributed by atoms with Crippen molar-refractivity contribution in [2.75, 3.05) is 18.0 Å². The van der Waals surface area contributed by atoms with E-state index in [2.05, 4.69) is 36.9 Å². The van der Waals surface area contributed by atoms with Crippen LogP contribution in [0.4, 0.5) is 5.69 Å². The largest absolute Gasteiger partial charge is 0.371 e. The second kappa shape index (κ2) is 4.04. The number of nitrogens with zero attached hydrogens (tertiary/aromatic N) is 1. The number of rotatable bonds is 2. The molecule has 0 unspecified atom stereocenters. The number of fused-ring (bicyclic) bond motifs is 1. The molecule has 0 spiro atoms. The molecule has 1 heteroatoms. The maximum Gasteiger partial charge on any atom is 0.0398 e. The zero-order valence-electron chi connectivity index (χ0n) is 9.21. The van der Waals surface area contributed by atoms with Crippen LogP contribution in [0, 0.1) is 6.92 Å². The van der Waals surface area contributed by atoms with Crippen molar-refractivity contribution in [1.29, 1.82) is 0 Å². The van der Waals surface area contributed by atoms with Gasteiger partial charge in [0.2, 0.25) is 0 Å². The van der Waals surface area contributed by atoms with E-state index >= 15 is 0 Å². The van der Waals surface area contributed by atoms with E-state index < -0.39 is 0 Å². The Kier molecular flexibility index (Phi) is 2.76. The Morgan fingerprint density at radius 3 is 3.00 bits per heavy atom. The van der Waals surface area contributed by atoms with Crippen molar-refractivity contribution in [1.82, 2.24) is 0 Å². The van der Waals surface area contributed by atoms with E-state index in [4.69, 9.17) is 0 Å². The summed E-state index contributed by atoms with van der Waals surface area (Å²) in [6.07, 6.45) is 3.82. The second-order valence-electron chi connectivity index (χ2n) is 4.22. The molecular weight excluding hydrogens is 170 g/mol. The first kappa shape index (κ1) is 9.57. The zero-order chi connectivity index (χ0) is 9.97. The highest BCUT2D eigenvalue weighted by atomic mass is 15.1. The zero-order valence-corrected chi connectivity index (χ0v) is 9.21. The molecule has 2 rings (SSSR count). The molecule has 76 valence electrons. The summed E-state index contributed by atoms with van der Waals surface area (Å²) in [5.41, 5.74) is 4.41. The van der Waals surface area contributed by atoms with E-state index in [0.717, 1.165) is 0 Å². The van der Waals surface area contributed by atoms with Crippen molar-refractivity contribution >= 4 is 5.69 Å². The summed E-state index contributed by atoms with van der Waals surface area (Å²) in [5.74, 6) is 0. The van der Waals surface area contributed by atoms with Gasteiger partial charge < -0.3 is 4.90 Å². The Balaban J connectivity index is 2.30.